The molecule has 0 saturated carbocycles. The molecule has 6 heteroatoms. The number of benzene rings is 2. The highest BCUT2D eigenvalue weighted by atomic mass is 35.5. The molecule has 0 fully saturated rings. The van der Waals surface area contributed by atoms with Crippen LogP contribution < -0.4 is 5.32 Å². The fourth-order valence-corrected chi connectivity index (χ4v) is 3.03. The van der Waals surface area contributed by atoms with Gasteiger partial charge in [0.25, 0.3) is 0 Å². The molecule has 2 N–H and O–H groups in total. The van der Waals surface area contributed by atoms with Gasteiger partial charge in [-0.2, -0.15) is 0 Å². The molecule has 26 heavy (non-hydrogen) atoms. The van der Waals surface area contributed by atoms with Gasteiger partial charge >= 0.3 is 0 Å². The lowest BCUT2D eigenvalue weighted by Gasteiger charge is -2.10. The van der Waals surface area contributed by atoms with E-state index in [0.29, 0.717) is 32.4 Å². The first kappa shape index (κ1) is 18.4. The molecular formula is C20H22ClN3O2. The van der Waals surface area contributed by atoms with Crippen LogP contribution in [0, 0.1) is 0 Å². The van der Waals surface area contributed by atoms with Crippen molar-refractivity contribution in [2.24, 2.45) is 0 Å². The summed E-state index contributed by atoms with van der Waals surface area (Å²) in [7, 11) is 0. The van der Waals surface area contributed by atoms with Crippen molar-refractivity contribution in [2.75, 3.05) is 13.2 Å². The number of carbonyl (C=O) groups excluding carboxylic acids is 1. The van der Waals surface area contributed by atoms with Gasteiger partial charge in [-0.05, 0) is 36.2 Å². The summed E-state index contributed by atoms with van der Waals surface area (Å²) < 4.78 is 2.18. The van der Waals surface area contributed by atoms with Gasteiger partial charge in [0.05, 0.1) is 11.0 Å². The van der Waals surface area contributed by atoms with E-state index in [1.54, 1.807) is 0 Å². The summed E-state index contributed by atoms with van der Waals surface area (Å²) in [5, 5.41) is 12.4. The third-order valence-corrected chi connectivity index (χ3v) is 4.47. The number of para-hydroxylation sites is 2. The number of nitrogens with zero attached hydrogens (tertiary/aromatic N) is 2. The van der Waals surface area contributed by atoms with Crippen molar-refractivity contribution in [2.45, 2.75) is 25.8 Å². The first-order valence-electron chi connectivity index (χ1n) is 8.73. The molecule has 1 aromatic heterocycles. The first-order valence-corrected chi connectivity index (χ1v) is 9.11. The predicted molar refractivity (Wildman–Crippen MR) is 103 cm³/mol. The largest absolute Gasteiger partial charge is 0.396 e. The van der Waals surface area contributed by atoms with E-state index in [1.165, 1.54) is 0 Å². The van der Waals surface area contributed by atoms with Gasteiger partial charge in [0.1, 0.15) is 5.82 Å². The van der Waals surface area contributed by atoms with E-state index in [9.17, 15) is 4.79 Å². The van der Waals surface area contributed by atoms with Crippen LogP contribution in [0.25, 0.3) is 11.0 Å². The summed E-state index contributed by atoms with van der Waals surface area (Å²) in [6.07, 6.45) is 1.48. The average Bonchev–Trinajstić information content (AvgIpc) is 2.99. The van der Waals surface area contributed by atoms with Gasteiger partial charge in [-0.25, -0.2) is 4.98 Å². The number of rotatable bonds is 8. The number of carbonyl (C=O) groups is 1. The minimum Gasteiger partial charge on any atom is -0.396 e. The van der Waals surface area contributed by atoms with Crippen molar-refractivity contribution in [3.05, 3.63) is 64.9 Å². The van der Waals surface area contributed by atoms with Crippen LogP contribution in [0.4, 0.5) is 0 Å². The monoisotopic (exact) mass is 371 g/mol. The standard InChI is InChI=1S/C20H22ClN3O2/c21-16-9-7-15(8-10-16)14-24-18-5-2-1-4-17(18)23-19(24)11-12-22-20(26)6-3-13-25/h1-2,4-5,7-10,25H,3,6,11-14H2,(H,22,26). The highest BCUT2D eigenvalue weighted by molar-refractivity contribution is 6.30. The SMILES string of the molecule is O=C(CCCO)NCCc1nc2ccccc2n1Cc1ccc(Cl)cc1. The summed E-state index contributed by atoms with van der Waals surface area (Å²) in [5.41, 5.74) is 3.16. The zero-order valence-electron chi connectivity index (χ0n) is 14.5. The molecule has 0 unspecified atom stereocenters. The van der Waals surface area contributed by atoms with E-state index in [-0.39, 0.29) is 12.5 Å². The van der Waals surface area contributed by atoms with Gasteiger partial charge in [0.2, 0.25) is 5.91 Å². The summed E-state index contributed by atoms with van der Waals surface area (Å²) in [6, 6.07) is 15.8. The molecule has 2 aromatic carbocycles. The second kappa shape index (κ2) is 8.83. The van der Waals surface area contributed by atoms with E-state index >= 15 is 0 Å². The maximum atomic E-state index is 11.7. The molecule has 136 valence electrons. The number of imidazole rings is 1. The van der Waals surface area contributed by atoms with Crippen molar-refractivity contribution < 1.29 is 9.90 Å². The molecule has 5 nitrogen and oxygen atoms in total. The molecule has 0 spiro atoms. The van der Waals surface area contributed by atoms with Crippen LogP contribution in [0.1, 0.15) is 24.2 Å². The molecule has 3 rings (SSSR count). The Balaban J connectivity index is 1.76. The molecule has 1 amide bonds. The molecule has 0 aliphatic heterocycles. The number of halogens is 1. The quantitative estimate of drug-likeness (QED) is 0.639. The van der Waals surface area contributed by atoms with E-state index < -0.39 is 0 Å². The Morgan fingerprint density at radius 3 is 2.69 bits per heavy atom. The van der Waals surface area contributed by atoms with Gasteiger partial charge in [-0.3, -0.25) is 4.79 Å². The van der Waals surface area contributed by atoms with Crippen molar-refractivity contribution in [1.29, 1.82) is 0 Å². The number of aliphatic hydroxyl groups is 1. The lowest BCUT2D eigenvalue weighted by atomic mass is 10.2. The normalized spacial score (nSPS) is 11.0. The number of nitrogens with one attached hydrogen (secondary N) is 1. The van der Waals surface area contributed by atoms with Crippen LogP contribution in [-0.4, -0.2) is 33.7 Å². The van der Waals surface area contributed by atoms with E-state index in [4.69, 9.17) is 21.7 Å². The lowest BCUT2D eigenvalue weighted by molar-refractivity contribution is -0.121. The number of aliphatic hydroxyl groups excluding tert-OH is 1. The molecule has 0 aliphatic carbocycles. The van der Waals surface area contributed by atoms with Gasteiger partial charge in [-0.15, -0.1) is 0 Å². The maximum Gasteiger partial charge on any atom is 0.220 e. The Hall–Kier alpha value is -2.37. The van der Waals surface area contributed by atoms with Gasteiger partial charge in [-0.1, -0.05) is 35.9 Å². The highest BCUT2D eigenvalue weighted by Gasteiger charge is 2.11. The van der Waals surface area contributed by atoms with Gasteiger partial charge < -0.3 is 15.0 Å². The van der Waals surface area contributed by atoms with Gasteiger partial charge in [0.15, 0.2) is 0 Å². The van der Waals surface area contributed by atoms with E-state index in [1.807, 2.05) is 42.5 Å². The summed E-state index contributed by atoms with van der Waals surface area (Å²) in [5.74, 6) is 0.892. The highest BCUT2D eigenvalue weighted by Crippen LogP contribution is 2.19. The molecule has 0 saturated heterocycles. The zero-order chi connectivity index (χ0) is 18.4. The Morgan fingerprint density at radius 2 is 1.92 bits per heavy atom. The Morgan fingerprint density at radius 1 is 1.15 bits per heavy atom. The maximum absolute atomic E-state index is 11.7. The summed E-state index contributed by atoms with van der Waals surface area (Å²) >= 11 is 5.98. The molecule has 1 heterocycles. The number of hydrogen-bond acceptors (Lipinski definition) is 3. The zero-order valence-corrected chi connectivity index (χ0v) is 15.2. The second-order valence-corrected chi connectivity index (χ2v) is 6.59. The van der Waals surface area contributed by atoms with Crippen molar-refractivity contribution in [3.63, 3.8) is 0 Å². The van der Waals surface area contributed by atoms with Gasteiger partial charge in [0, 0.05) is 37.6 Å². The van der Waals surface area contributed by atoms with Crippen LogP contribution in [0.15, 0.2) is 48.5 Å². The first-order chi connectivity index (χ1) is 12.7. The van der Waals surface area contributed by atoms with Crippen molar-refractivity contribution in [1.82, 2.24) is 14.9 Å². The fraction of sp³-hybridized carbons (Fsp3) is 0.300. The van der Waals surface area contributed by atoms with Crippen molar-refractivity contribution >= 4 is 28.5 Å². The average molecular weight is 372 g/mol. The summed E-state index contributed by atoms with van der Waals surface area (Å²) in [4.78, 5) is 16.4. The van der Waals surface area contributed by atoms with E-state index in [2.05, 4.69) is 16.0 Å². The number of fused-ring (bicyclic) bond motifs is 1. The number of aromatic nitrogens is 2. The van der Waals surface area contributed by atoms with Crippen LogP contribution >= 0.6 is 11.6 Å². The third-order valence-electron chi connectivity index (χ3n) is 4.22. The number of hydrogen-bond donors (Lipinski definition) is 2. The Kier molecular flexibility index (Phi) is 6.26. The smallest absolute Gasteiger partial charge is 0.220 e. The molecule has 0 aliphatic rings. The summed E-state index contributed by atoms with van der Waals surface area (Å²) in [6.45, 7) is 1.25. The molecule has 0 atom stereocenters. The third kappa shape index (κ3) is 4.62. The van der Waals surface area contributed by atoms with Crippen LogP contribution in [0.2, 0.25) is 5.02 Å². The predicted octanol–water partition coefficient (Wildman–Crippen LogP) is 3.17. The Bertz CT molecular complexity index is 874. The minimum atomic E-state index is -0.0422. The topological polar surface area (TPSA) is 67.2 Å². The van der Waals surface area contributed by atoms with Crippen LogP contribution in [-0.2, 0) is 17.8 Å². The van der Waals surface area contributed by atoms with Crippen LogP contribution in [0.3, 0.4) is 0 Å². The lowest BCUT2D eigenvalue weighted by Crippen LogP contribution is -2.26. The Labute approximate surface area is 157 Å². The van der Waals surface area contributed by atoms with Crippen LogP contribution in [0.5, 0.6) is 0 Å². The molecule has 0 radical (unpaired) electrons. The number of amides is 1. The minimum absolute atomic E-state index is 0.0321. The fourth-order valence-electron chi connectivity index (χ4n) is 2.91. The molecule has 0 bridgehead atoms. The second-order valence-electron chi connectivity index (χ2n) is 6.16. The van der Waals surface area contributed by atoms with Crippen molar-refractivity contribution in [3.8, 4) is 0 Å². The molecular weight excluding hydrogens is 350 g/mol. The molecule has 3 aromatic rings. The van der Waals surface area contributed by atoms with E-state index in [0.717, 1.165) is 27.4 Å².